The molecular formula is C16H16N4O. The summed E-state index contributed by atoms with van der Waals surface area (Å²) in [6.07, 6.45) is 1.89. The topological polar surface area (TPSA) is 66.0 Å². The molecule has 0 aliphatic carbocycles. The summed E-state index contributed by atoms with van der Waals surface area (Å²) < 4.78 is 7.44. The van der Waals surface area contributed by atoms with E-state index in [0.29, 0.717) is 13.2 Å². The minimum absolute atomic E-state index is 0.388. The van der Waals surface area contributed by atoms with Gasteiger partial charge in [0.15, 0.2) is 0 Å². The lowest BCUT2D eigenvalue weighted by molar-refractivity contribution is 0.301. The molecule has 0 spiro atoms. The van der Waals surface area contributed by atoms with Crippen molar-refractivity contribution < 1.29 is 4.74 Å². The van der Waals surface area contributed by atoms with E-state index >= 15 is 0 Å². The van der Waals surface area contributed by atoms with Crippen LogP contribution in [0.4, 0.5) is 5.69 Å². The Kier molecular flexibility index (Phi) is 3.82. The summed E-state index contributed by atoms with van der Waals surface area (Å²) in [7, 11) is 0. The molecular weight excluding hydrogens is 264 g/mol. The monoisotopic (exact) mass is 280 g/mol. The summed E-state index contributed by atoms with van der Waals surface area (Å²) in [5.74, 6) is 0.766. The van der Waals surface area contributed by atoms with Crippen molar-refractivity contribution in [3.8, 4) is 5.75 Å². The largest absolute Gasteiger partial charge is 0.487 e. The molecule has 0 saturated heterocycles. The Morgan fingerprint density at radius 1 is 1.00 bits per heavy atom. The molecule has 0 atom stereocenters. The predicted octanol–water partition coefficient (Wildman–Crippen LogP) is 2.49. The summed E-state index contributed by atoms with van der Waals surface area (Å²) in [6, 6.07) is 17.4. The van der Waals surface area contributed by atoms with Gasteiger partial charge in [-0.25, -0.2) is 4.68 Å². The molecule has 0 fully saturated rings. The molecule has 0 radical (unpaired) electrons. The van der Waals surface area contributed by atoms with Crippen molar-refractivity contribution >= 4 is 5.69 Å². The molecule has 3 aromatic rings. The quantitative estimate of drug-likeness (QED) is 0.729. The Morgan fingerprint density at radius 3 is 2.52 bits per heavy atom. The lowest BCUT2D eigenvalue weighted by Gasteiger charge is -2.03. The van der Waals surface area contributed by atoms with E-state index in [2.05, 4.69) is 22.4 Å². The lowest BCUT2D eigenvalue weighted by atomic mass is 10.2. The van der Waals surface area contributed by atoms with Gasteiger partial charge in [0, 0.05) is 5.69 Å². The zero-order valence-electron chi connectivity index (χ0n) is 11.5. The molecule has 0 saturated carbocycles. The molecule has 106 valence electrons. The summed E-state index contributed by atoms with van der Waals surface area (Å²) in [6.45, 7) is 1.09. The zero-order chi connectivity index (χ0) is 14.5. The van der Waals surface area contributed by atoms with Gasteiger partial charge in [-0.1, -0.05) is 35.5 Å². The number of nitrogen functional groups attached to an aromatic ring is 1. The van der Waals surface area contributed by atoms with E-state index in [0.717, 1.165) is 17.1 Å². The number of rotatable bonds is 5. The van der Waals surface area contributed by atoms with E-state index in [4.69, 9.17) is 10.5 Å². The van der Waals surface area contributed by atoms with Crippen molar-refractivity contribution in [3.05, 3.63) is 72.1 Å². The molecule has 1 heterocycles. The average Bonchev–Trinajstić information content (AvgIpc) is 2.95. The maximum atomic E-state index is 5.64. The minimum Gasteiger partial charge on any atom is -0.487 e. The molecule has 1 aromatic heterocycles. The Morgan fingerprint density at radius 2 is 1.76 bits per heavy atom. The Bertz CT molecular complexity index is 692. The summed E-state index contributed by atoms with van der Waals surface area (Å²) in [5.41, 5.74) is 8.33. The second kappa shape index (κ2) is 6.09. The molecule has 3 rings (SSSR count). The highest BCUT2D eigenvalue weighted by Crippen LogP contribution is 2.14. The van der Waals surface area contributed by atoms with E-state index in [1.54, 1.807) is 4.68 Å². The molecule has 2 N–H and O–H groups in total. The van der Waals surface area contributed by atoms with Crippen LogP contribution in [0.5, 0.6) is 5.75 Å². The molecule has 0 aliphatic rings. The van der Waals surface area contributed by atoms with Gasteiger partial charge in [-0.3, -0.25) is 0 Å². The zero-order valence-corrected chi connectivity index (χ0v) is 11.5. The summed E-state index contributed by atoms with van der Waals surface area (Å²) in [5, 5.41) is 8.21. The first-order valence-electron chi connectivity index (χ1n) is 6.71. The van der Waals surface area contributed by atoms with Crippen LogP contribution < -0.4 is 10.5 Å². The number of nitrogens with zero attached hydrogens (tertiary/aromatic N) is 3. The second-order valence-corrected chi connectivity index (χ2v) is 4.75. The van der Waals surface area contributed by atoms with Crippen molar-refractivity contribution in [2.75, 3.05) is 5.73 Å². The van der Waals surface area contributed by atoms with Crippen LogP contribution in [-0.4, -0.2) is 15.0 Å². The number of nitrogens with two attached hydrogens (primary N) is 1. The maximum absolute atomic E-state index is 5.64. The van der Waals surface area contributed by atoms with Gasteiger partial charge in [0.25, 0.3) is 0 Å². The molecule has 0 unspecified atom stereocenters. The molecule has 21 heavy (non-hydrogen) atoms. The fourth-order valence-electron chi connectivity index (χ4n) is 1.97. The second-order valence-electron chi connectivity index (χ2n) is 4.75. The lowest BCUT2D eigenvalue weighted by Crippen LogP contribution is -2.00. The highest BCUT2D eigenvalue weighted by Gasteiger charge is 2.03. The van der Waals surface area contributed by atoms with Crippen LogP contribution in [0.15, 0.2) is 60.8 Å². The van der Waals surface area contributed by atoms with Crippen LogP contribution >= 0.6 is 0 Å². The number of benzene rings is 2. The van der Waals surface area contributed by atoms with Gasteiger partial charge in [-0.2, -0.15) is 0 Å². The molecule has 5 nitrogen and oxygen atoms in total. The van der Waals surface area contributed by atoms with Gasteiger partial charge in [0.2, 0.25) is 0 Å². The highest BCUT2D eigenvalue weighted by atomic mass is 16.5. The van der Waals surface area contributed by atoms with E-state index in [1.807, 2.05) is 48.7 Å². The van der Waals surface area contributed by atoms with Crippen molar-refractivity contribution in [1.82, 2.24) is 15.0 Å². The Hall–Kier alpha value is -2.82. The minimum atomic E-state index is 0.388. The van der Waals surface area contributed by atoms with Gasteiger partial charge in [0.1, 0.15) is 18.1 Å². The van der Waals surface area contributed by atoms with Crippen LogP contribution in [0.25, 0.3) is 0 Å². The third kappa shape index (κ3) is 3.60. The SMILES string of the molecule is Nc1ccc(OCc2cn(Cc3ccccc3)nn2)cc1. The van der Waals surface area contributed by atoms with E-state index in [9.17, 15) is 0 Å². The van der Waals surface area contributed by atoms with Crippen LogP contribution in [0.2, 0.25) is 0 Å². The Balaban J connectivity index is 1.59. The summed E-state index contributed by atoms with van der Waals surface area (Å²) >= 11 is 0. The van der Waals surface area contributed by atoms with E-state index in [1.165, 1.54) is 5.56 Å². The molecule has 5 heteroatoms. The van der Waals surface area contributed by atoms with Gasteiger partial charge in [-0.15, -0.1) is 5.10 Å². The van der Waals surface area contributed by atoms with Gasteiger partial charge < -0.3 is 10.5 Å². The third-order valence-electron chi connectivity index (χ3n) is 3.04. The normalized spacial score (nSPS) is 10.5. The standard InChI is InChI=1S/C16H16N4O/c17-14-6-8-16(9-7-14)21-12-15-11-20(19-18-15)10-13-4-2-1-3-5-13/h1-9,11H,10,12,17H2. The van der Waals surface area contributed by atoms with Crippen LogP contribution in [0.1, 0.15) is 11.3 Å². The van der Waals surface area contributed by atoms with Gasteiger partial charge >= 0.3 is 0 Å². The molecule has 0 bridgehead atoms. The maximum Gasteiger partial charge on any atom is 0.134 e. The number of anilines is 1. The van der Waals surface area contributed by atoms with Crippen molar-refractivity contribution in [2.24, 2.45) is 0 Å². The fourth-order valence-corrected chi connectivity index (χ4v) is 1.97. The first kappa shape index (κ1) is 13.2. The first-order valence-corrected chi connectivity index (χ1v) is 6.71. The smallest absolute Gasteiger partial charge is 0.134 e. The van der Waals surface area contributed by atoms with Crippen molar-refractivity contribution in [2.45, 2.75) is 13.2 Å². The number of ether oxygens (including phenoxy) is 1. The van der Waals surface area contributed by atoms with Crippen LogP contribution in [-0.2, 0) is 13.2 Å². The predicted molar refractivity (Wildman–Crippen MR) is 80.8 cm³/mol. The number of hydrogen-bond donors (Lipinski definition) is 1. The van der Waals surface area contributed by atoms with Crippen molar-refractivity contribution in [1.29, 1.82) is 0 Å². The fraction of sp³-hybridized carbons (Fsp3) is 0.125. The Labute approximate surface area is 123 Å². The first-order chi connectivity index (χ1) is 10.3. The molecule has 0 aliphatic heterocycles. The number of hydrogen-bond acceptors (Lipinski definition) is 4. The summed E-state index contributed by atoms with van der Waals surface area (Å²) in [4.78, 5) is 0. The van der Waals surface area contributed by atoms with Gasteiger partial charge in [-0.05, 0) is 29.8 Å². The van der Waals surface area contributed by atoms with Gasteiger partial charge in [0.05, 0.1) is 12.7 Å². The van der Waals surface area contributed by atoms with Crippen LogP contribution in [0, 0.1) is 0 Å². The highest BCUT2D eigenvalue weighted by molar-refractivity contribution is 5.41. The van der Waals surface area contributed by atoms with E-state index < -0.39 is 0 Å². The van der Waals surface area contributed by atoms with Crippen LogP contribution in [0.3, 0.4) is 0 Å². The third-order valence-corrected chi connectivity index (χ3v) is 3.04. The van der Waals surface area contributed by atoms with Crippen molar-refractivity contribution in [3.63, 3.8) is 0 Å². The average molecular weight is 280 g/mol. The van der Waals surface area contributed by atoms with E-state index in [-0.39, 0.29) is 0 Å². The molecule has 0 amide bonds. The molecule has 2 aromatic carbocycles. The number of aromatic nitrogens is 3.